The molecule has 0 radical (unpaired) electrons. The summed E-state index contributed by atoms with van der Waals surface area (Å²) in [5.74, 6) is 0. The van der Waals surface area contributed by atoms with E-state index in [1.807, 2.05) is 0 Å². The predicted octanol–water partition coefficient (Wildman–Crippen LogP) is 3.43. The molecule has 1 saturated carbocycles. The smallest absolute Gasteiger partial charge is 0.233 e. The standard InChI is InChI=1S/C8H17O4PS2/c1-9-11-13(14,12-10-2)15-8-6-4-3-5-7-8/h8H,3-7H2,1-2H3. The third kappa shape index (κ3) is 5.13. The molecule has 90 valence electrons. The first-order valence-electron chi connectivity index (χ1n) is 4.93. The van der Waals surface area contributed by atoms with Crippen LogP contribution in [0.5, 0.6) is 0 Å². The van der Waals surface area contributed by atoms with Gasteiger partial charge in [0.15, 0.2) is 0 Å². The zero-order valence-corrected chi connectivity index (χ0v) is 11.5. The van der Waals surface area contributed by atoms with Crippen molar-refractivity contribution in [1.29, 1.82) is 0 Å². The van der Waals surface area contributed by atoms with E-state index in [4.69, 9.17) is 21.2 Å². The topological polar surface area (TPSA) is 36.9 Å². The largest absolute Gasteiger partial charge is 0.307 e. The third-order valence-corrected chi connectivity index (χ3v) is 7.03. The molecule has 1 aliphatic rings. The van der Waals surface area contributed by atoms with Crippen molar-refractivity contribution in [3.8, 4) is 0 Å². The number of hydrogen-bond donors (Lipinski definition) is 0. The van der Waals surface area contributed by atoms with Gasteiger partial charge in [-0.05, 0) is 24.6 Å². The van der Waals surface area contributed by atoms with E-state index in [9.17, 15) is 0 Å². The van der Waals surface area contributed by atoms with Crippen molar-refractivity contribution in [1.82, 2.24) is 0 Å². The lowest BCUT2D eigenvalue weighted by molar-refractivity contribution is -0.227. The summed E-state index contributed by atoms with van der Waals surface area (Å²) >= 11 is 6.81. The van der Waals surface area contributed by atoms with Crippen molar-refractivity contribution in [3.05, 3.63) is 0 Å². The molecular weight excluding hydrogens is 255 g/mol. The summed E-state index contributed by atoms with van der Waals surface area (Å²) in [6.07, 6.45) is 6.17. The highest BCUT2D eigenvalue weighted by Crippen LogP contribution is 2.64. The highest BCUT2D eigenvalue weighted by molar-refractivity contribution is 8.68. The van der Waals surface area contributed by atoms with Crippen LogP contribution < -0.4 is 0 Å². The molecule has 0 bridgehead atoms. The molecule has 0 aromatic rings. The molecule has 0 saturated heterocycles. The Morgan fingerprint density at radius 1 is 1.07 bits per heavy atom. The molecule has 1 rings (SSSR count). The molecular formula is C8H17O4PS2. The summed E-state index contributed by atoms with van der Waals surface area (Å²) < 4.78 is 10.0. The van der Waals surface area contributed by atoms with Crippen molar-refractivity contribution in [2.24, 2.45) is 0 Å². The van der Waals surface area contributed by atoms with Crippen molar-refractivity contribution in [3.63, 3.8) is 0 Å². The van der Waals surface area contributed by atoms with E-state index in [0.717, 1.165) is 0 Å². The first-order chi connectivity index (χ1) is 7.20. The molecule has 4 nitrogen and oxygen atoms in total. The molecule has 1 aliphatic carbocycles. The fourth-order valence-corrected chi connectivity index (χ4v) is 6.72. The Hall–Kier alpha value is 0.840. The van der Waals surface area contributed by atoms with Crippen LogP contribution in [0.1, 0.15) is 32.1 Å². The van der Waals surface area contributed by atoms with Crippen molar-refractivity contribution in [2.75, 3.05) is 14.2 Å². The van der Waals surface area contributed by atoms with Crippen LogP contribution in [0.25, 0.3) is 0 Å². The Labute approximate surface area is 99.8 Å². The molecule has 0 heterocycles. The van der Waals surface area contributed by atoms with E-state index >= 15 is 0 Å². The minimum Gasteiger partial charge on any atom is -0.233 e. The monoisotopic (exact) mass is 272 g/mol. The molecule has 1 fully saturated rings. The molecule has 7 heteroatoms. The van der Waals surface area contributed by atoms with Crippen LogP contribution in [0.15, 0.2) is 0 Å². The van der Waals surface area contributed by atoms with Gasteiger partial charge >= 0.3 is 5.69 Å². The molecule has 0 N–H and O–H groups in total. The Kier molecular flexibility index (Phi) is 6.69. The van der Waals surface area contributed by atoms with Gasteiger partial charge in [-0.2, -0.15) is 9.35 Å². The summed E-state index contributed by atoms with van der Waals surface area (Å²) in [6.45, 7) is 0. The molecule has 0 atom stereocenters. The van der Waals surface area contributed by atoms with Crippen molar-refractivity contribution >= 4 is 28.9 Å². The minimum atomic E-state index is -2.48. The second kappa shape index (κ2) is 7.22. The van der Waals surface area contributed by atoms with Crippen LogP contribution in [0.2, 0.25) is 0 Å². The van der Waals surface area contributed by atoms with Crippen LogP contribution >= 0.6 is 17.1 Å². The van der Waals surface area contributed by atoms with Crippen LogP contribution in [-0.2, 0) is 30.9 Å². The highest BCUT2D eigenvalue weighted by Gasteiger charge is 2.28. The van der Waals surface area contributed by atoms with Crippen LogP contribution in [0, 0.1) is 0 Å². The van der Waals surface area contributed by atoms with Gasteiger partial charge in [-0.15, -0.1) is 0 Å². The maximum atomic E-state index is 5.26. The van der Waals surface area contributed by atoms with E-state index in [1.54, 1.807) is 11.4 Å². The second-order valence-electron chi connectivity index (χ2n) is 3.30. The molecule has 0 aliphatic heterocycles. The Morgan fingerprint density at radius 2 is 1.60 bits per heavy atom. The summed E-state index contributed by atoms with van der Waals surface area (Å²) in [6, 6.07) is 0. The Bertz CT molecular complexity index is 211. The molecule has 0 aromatic heterocycles. The molecule has 0 aromatic carbocycles. The minimum absolute atomic E-state index is 0.509. The maximum absolute atomic E-state index is 5.26. The quantitative estimate of drug-likeness (QED) is 0.419. The molecule has 0 unspecified atom stereocenters. The van der Waals surface area contributed by atoms with E-state index in [0.29, 0.717) is 5.25 Å². The summed E-state index contributed by atoms with van der Waals surface area (Å²) in [5, 5.41) is 0.509. The first kappa shape index (κ1) is 13.9. The normalized spacial score (nSPS) is 19.3. The van der Waals surface area contributed by atoms with E-state index in [2.05, 4.69) is 9.78 Å². The van der Waals surface area contributed by atoms with Gasteiger partial charge in [0.25, 0.3) is 0 Å². The number of hydrogen-bond acceptors (Lipinski definition) is 6. The molecule has 0 spiro atoms. The summed E-state index contributed by atoms with van der Waals surface area (Å²) in [4.78, 5) is 9.24. The Morgan fingerprint density at radius 3 is 2.07 bits per heavy atom. The maximum Gasteiger partial charge on any atom is 0.307 e. The van der Waals surface area contributed by atoms with Crippen LogP contribution in [0.3, 0.4) is 0 Å². The van der Waals surface area contributed by atoms with Gasteiger partial charge in [0, 0.05) is 5.25 Å². The lowest BCUT2D eigenvalue weighted by Crippen LogP contribution is -2.08. The zero-order valence-electron chi connectivity index (χ0n) is 9.01. The highest BCUT2D eigenvalue weighted by atomic mass is 32.9. The lowest BCUT2D eigenvalue weighted by atomic mass is 10.0. The van der Waals surface area contributed by atoms with Crippen LogP contribution in [-0.4, -0.2) is 19.5 Å². The van der Waals surface area contributed by atoms with E-state index in [1.165, 1.54) is 46.3 Å². The summed E-state index contributed by atoms with van der Waals surface area (Å²) in [5.41, 5.74) is -2.48. The SMILES string of the molecule is COOP(=S)(OOC)SC1CCCCC1. The second-order valence-corrected chi connectivity index (χ2v) is 9.58. The summed E-state index contributed by atoms with van der Waals surface area (Å²) in [7, 11) is 2.86. The fraction of sp³-hybridized carbons (Fsp3) is 1.00. The number of rotatable bonds is 6. The van der Waals surface area contributed by atoms with Gasteiger partial charge in [0.1, 0.15) is 0 Å². The average Bonchev–Trinajstić information content (AvgIpc) is 2.19. The fourth-order valence-electron chi connectivity index (χ4n) is 1.58. The van der Waals surface area contributed by atoms with Gasteiger partial charge in [0.2, 0.25) is 0 Å². The van der Waals surface area contributed by atoms with Crippen LogP contribution in [0.4, 0.5) is 0 Å². The van der Waals surface area contributed by atoms with Gasteiger partial charge < -0.3 is 0 Å². The molecule has 0 amide bonds. The zero-order chi connectivity index (χ0) is 11.1. The van der Waals surface area contributed by atoms with Crippen molar-refractivity contribution < 1.29 is 19.1 Å². The molecule has 15 heavy (non-hydrogen) atoms. The van der Waals surface area contributed by atoms with Gasteiger partial charge in [0.05, 0.1) is 14.2 Å². The van der Waals surface area contributed by atoms with E-state index in [-0.39, 0.29) is 0 Å². The van der Waals surface area contributed by atoms with Crippen molar-refractivity contribution in [2.45, 2.75) is 37.4 Å². The van der Waals surface area contributed by atoms with E-state index < -0.39 is 5.69 Å². The lowest BCUT2D eigenvalue weighted by Gasteiger charge is -2.25. The predicted molar refractivity (Wildman–Crippen MR) is 64.9 cm³/mol. The third-order valence-electron chi connectivity index (χ3n) is 2.16. The Balaban J connectivity index is 2.45. The average molecular weight is 272 g/mol. The van der Waals surface area contributed by atoms with Gasteiger partial charge in [-0.1, -0.05) is 30.6 Å². The van der Waals surface area contributed by atoms with Gasteiger partial charge in [-0.25, -0.2) is 9.78 Å². The first-order valence-corrected chi connectivity index (χ1v) is 9.06. The van der Waals surface area contributed by atoms with Gasteiger partial charge in [-0.3, -0.25) is 0 Å².